The van der Waals surface area contributed by atoms with Crippen LogP contribution in [0.2, 0.25) is 0 Å². The van der Waals surface area contributed by atoms with E-state index >= 15 is 0 Å². The van der Waals surface area contributed by atoms with Crippen LogP contribution in [0.1, 0.15) is 25.0 Å². The highest BCUT2D eigenvalue weighted by Crippen LogP contribution is 2.39. The predicted octanol–water partition coefficient (Wildman–Crippen LogP) is 15.8. The third-order valence-corrected chi connectivity index (χ3v) is 11.1. The molecule has 0 aliphatic heterocycles. The highest BCUT2D eigenvalue weighted by Gasteiger charge is 2.18. The average molecular weight is 753 g/mol. The predicted molar refractivity (Wildman–Crippen MR) is 245 cm³/mol. The zero-order chi connectivity index (χ0) is 39.9. The Kier molecular flexibility index (Phi) is 9.39. The zero-order valence-corrected chi connectivity index (χ0v) is 33.3. The minimum absolute atomic E-state index is 0.812. The van der Waals surface area contributed by atoms with Crippen LogP contribution in [0.3, 0.4) is 0 Å². The monoisotopic (exact) mass is 752 g/mol. The van der Waals surface area contributed by atoms with Crippen molar-refractivity contribution in [3.8, 4) is 33.8 Å². The standard InChI is InChI=1S/C54H44N2O2/c1-7-37(5)55(49-17-13-12-14-35(49)3)47-23-18-40(19-24-47)51-33-45-29-43-32-54-46(30-44(43)31-53(45)57-51)34-52(58-54)41-20-25-48(26-21-41)56(38(6)8-2)50-27-22-42(28-36(50)4)39-15-10-9-11-16-39/h7-34H,1,5H2,2-4,6H3/b38-8+. The maximum Gasteiger partial charge on any atom is 0.135 e. The molecular formula is C54H44N2O2. The van der Waals surface area contributed by atoms with E-state index in [1.807, 2.05) is 12.1 Å². The molecule has 7 aromatic carbocycles. The van der Waals surface area contributed by atoms with Crippen molar-refractivity contribution >= 4 is 55.5 Å². The van der Waals surface area contributed by atoms with Crippen LogP contribution in [-0.2, 0) is 0 Å². The van der Waals surface area contributed by atoms with E-state index in [4.69, 9.17) is 8.83 Å². The first kappa shape index (κ1) is 36.3. The van der Waals surface area contributed by atoms with Gasteiger partial charge in [-0.25, -0.2) is 0 Å². The summed E-state index contributed by atoms with van der Waals surface area (Å²) in [6.45, 7) is 16.8. The van der Waals surface area contributed by atoms with E-state index in [9.17, 15) is 0 Å². The van der Waals surface area contributed by atoms with Gasteiger partial charge in [0.05, 0.1) is 0 Å². The molecule has 0 fully saturated rings. The summed E-state index contributed by atoms with van der Waals surface area (Å²) in [6, 6.07) is 55.4. The summed E-state index contributed by atoms with van der Waals surface area (Å²) in [7, 11) is 0. The summed E-state index contributed by atoms with van der Waals surface area (Å²) in [4.78, 5) is 4.44. The van der Waals surface area contributed by atoms with Gasteiger partial charge in [-0.2, -0.15) is 0 Å². The molecule has 2 aromatic heterocycles. The topological polar surface area (TPSA) is 32.8 Å². The van der Waals surface area contributed by atoms with Crippen molar-refractivity contribution in [2.75, 3.05) is 9.80 Å². The maximum atomic E-state index is 6.51. The summed E-state index contributed by atoms with van der Waals surface area (Å²) in [5, 5.41) is 4.29. The molecule has 2 heterocycles. The third kappa shape index (κ3) is 6.69. The Morgan fingerprint density at radius 3 is 1.55 bits per heavy atom. The number of anilines is 4. The van der Waals surface area contributed by atoms with Gasteiger partial charge in [0.1, 0.15) is 22.7 Å². The van der Waals surface area contributed by atoms with Crippen LogP contribution in [0.15, 0.2) is 203 Å². The highest BCUT2D eigenvalue weighted by atomic mass is 16.3. The largest absolute Gasteiger partial charge is 0.456 e. The minimum Gasteiger partial charge on any atom is -0.456 e. The van der Waals surface area contributed by atoms with Crippen LogP contribution in [0, 0.1) is 13.8 Å². The van der Waals surface area contributed by atoms with Crippen molar-refractivity contribution in [2.45, 2.75) is 27.7 Å². The summed E-state index contributed by atoms with van der Waals surface area (Å²) in [5.41, 5.74) is 14.8. The molecule has 0 saturated heterocycles. The van der Waals surface area contributed by atoms with Gasteiger partial charge < -0.3 is 18.6 Å². The second-order valence-corrected chi connectivity index (χ2v) is 14.9. The fourth-order valence-electron chi connectivity index (χ4n) is 7.90. The van der Waals surface area contributed by atoms with Gasteiger partial charge in [0.15, 0.2) is 0 Å². The Morgan fingerprint density at radius 1 is 0.500 bits per heavy atom. The molecule has 0 spiro atoms. The fraction of sp³-hybridized carbons (Fsp3) is 0.0741. The molecule has 4 nitrogen and oxygen atoms in total. The number of allylic oxidation sites excluding steroid dienone is 3. The van der Waals surface area contributed by atoms with E-state index in [2.05, 4.69) is 202 Å². The van der Waals surface area contributed by atoms with E-state index in [1.54, 1.807) is 6.08 Å². The lowest BCUT2D eigenvalue weighted by molar-refractivity contribution is 0.631. The molecule has 9 aromatic rings. The number of nitrogens with zero attached hydrogens (tertiary/aromatic N) is 2. The summed E-state index contributed by atoms with van der Waals surface area (Å²) >= 11 is 0. The summed E-state index contributed by atoms with van der Waals surface area (Å²) in [6.07, 6.45) is 3.94. The molecule has 9 rings (SSSR count). The fourth-order valence-corrected chi connectivity index (χ4v) is 7.90. The number of para-hydroxylation sites is 1. The van der Waals surface area contributed by atoms with Gasteiger partial charge >= 0.3 is 0 Å². The molecule has 0 aliphatic carbocycles. The molecule has 0 unspecified atom stereocenters. The Labute approximate surface area is 339 Å². The first-order valence-electron chi connectivity index (χ1n) is 19.7. The van der Waals surface area contributed by atoms with Gasteiger partial charge in [0.25, 0.3) is 0 Å². The molecule has 0 N–H and O–H groups in total. The number of fused-ring (bicyclic) bond motifs is 3. The highest BCUT2D eigenvalue weighted by molar-refractivity contribution is 6.04. The zero-order valence-electron chi connectivity index (χ0n) is 33.3. The van der Waals surface area contributed by atoms with Crippen LogP contribution in [0.5, 0.6) is 0 Å². The van der Waals surface area contributed by atoms with Gasteiger partial charge in [-0.05, 0) is 170 Å². The molecule has 0 atom stereocenters. The quantitative estimate of drug-likeness (QED) is 0.130. The van der Waals surface area contributed by atoms with E-state index in [1.165, 1.54) is 16.7 Å². The Hall–Kier alpha value is -7.30. The summed E-state index contributed by atoms with van der Waals surface area (Å²) in [5.74, 6) is 1.65. The maximum absolute atomic E-state index is 6.51. The molecule has 0 radical (unpaired) electrons. The molecular weight excluding hydrogens is 709 g/mol. The summed E-state index contributed by atoms with van der Waals surface area (Å²) < 4.78 is 13.0. The van der Waals surface area contributed by atoms with E-state index in [-0.39, 0.29) is 0 Å². The minimum atomic E-state index is 0.812. The van der Waals surface area contributed by atoms with Gasteiger partial charge in [-0.3, -0.25) is 0 Å². The number of aryl methyl sites for hydroxylation is 2. The van der Waals surface area contributed by atoms with Crippen molar-refractivity contribution in [2.24, 2.45) is 0 Å². The van der Waals surface area contributed by atoms with Crippen molar-refractivity contribution in [1.82, 2.24) is 0 Å². The first-order valence-corrected chi connectivity index (χ1v) is 19.7. The molecule has 0 amide bonds. The second kappa shape index (κ2) is 15.0. The van der Waals surface area contributed by atoms with Crippen LogP contribution < -0.4 is 9.80 Å². The van der Waals surface area contributed by atoms with Crippen molar-refractivity contribution < 1.29 is 8.83 Å². The van der Waals surface area contributed by atoms with Crippen LogP contribution in [0.4, 0.5) is 22.7 Å². The van der Waals surface area contributed by atoms with E-state index < -0.39 is 0 Å². The van der Waals surface area contributed by atoms with Gasteiger partial charge in [-0.15, -0.1) is 0 Å². The van der Waals surface area contributed by atoms with Crippen molar-refractivity contribution in [3.05, 3.63) is 206 Å². The number of hydrogen-bond donors (Lipinski definition) is 0. The van der Waals surface area contributed by atoms with Gasteiger partial charge in [-0.1, -0.05) is 73.8 Å². The first-order chi connectivity index (χ1) is 28.3. The number of benzene rings is 7. The Balaban J connectivity index is 0.981. The third-order valence-electron chi connectivity index (χ3n) is 11.1. The lowest BCUT2D eigenvalue weighted by Gasteiger charge is -2.28. The SMILES string of the molecule is C=CC(=C)N(c1ccc(-c2cc3cc4cc5oc(-c6ccc(N(/C(C)=C/C)c7ccc(-c8ccccc8)cc7C)cc6)cc5cc4cc3o2)cc1)c1ccccc1C. The molecule has 282 valence electrons. The van der Waals surface area contributed by atoms with Crippen molar-refractivity contribution in [1.29, 1.82) is 0 Å². The molecule has 0 aliphatic rings. The normalized spacial score (nSPS) is 11.7. The van der Waals surface area contributed by atoms with E-state index in [0.717, 1.165) is 95.1 Å². The number of hydrogen-bond acceptors (Lipinski definition) is 4. The molecule has 4 heteroatoms. The number of furan rings is 2. The number of rotatable bonds is 10. The average Bonchev–Trinajstić information content (AvgIpc) is 3.87. The molecule has 58 heavy (non-hydrogen) atoms. The van der Waals surface area contributed by atoms with Crippen LogP contribution in [-0.4, -0.2) is 0 Å². The second-order valence-electron chi connectivity index (χ2n) is 14.9. The lowest BCUT2D eigenvalue weighted by Crippen LogP contribution is -2.15. The molecule has 0 bridgehead atoms. The smallest absolute Gasteiger partial charge is 0.135 e. The van der Waals surface area contributed by atoms with Gasteiger partial charge in [0.2, 0.25) is 0 Å². The van der Waals surface area contributed by atoms with Crippen LogP contribution >= 0.6 is 0 Å². The Morgan fingerprint density at radius 2 is 1.02 bits per heavy atom. The Bertz CT molecular complexity index is 2950. The molecule has 0 saturated carbocycles. The van der Waals surface area contributed by atoms with Crippen LogP contribution in [0.25, 0.3) is 66.5 Å². The van der Waals surface area contributed by atoms with Crippen molar-refractivity contribution in [3.63, 3.8) is 0 Å². The van der Waals surface area contributed by atoms with E-state index in [0.29, 0.717) is 0 Å². The lowest BCUT2D eigenvalue weighted by atomic mass is 10.0. The van der Waals surface area contributed by atoms with Gasteiger partial charge in [0, 0.05) is 56.0 Å².